The summed E-state index contributed by atoms with van der Waals surface area (Å²) in [7, 11) is 0. The van der Waals surface area contributed by atoms with Crippen LogP contribution in [0.4, 0.5) is 0 Å². The molecule has 0 aliphatic rings. The van der Waals surface area contributed by atoms with Gasteiger partial charge in [-0.1, -0.05) is 30.5 Å². The van der Waals surface area contributed by atoms with E-state index in [4.69, 9.17) is 14.9 Å². The highest BCUT2D eigenvalue weighted by Crippen LogP contribution is 2.14. The fourth-order valence-corrected chi connectivity index (χ4v) is 1.80. The second kappa shape index (κ2) is 8.19. The first-order valence-electron chi connectivity index (χ1n) is 6.66. The third-order valence-electron chi connectivity index (χ3n) is 3.02. The number of carboxylic acids is 2. The van der Waals surface area contributed by atoms with E-state index in [-0.39, 0.29) is 6.42 Å². The molecule has 0 amide bonds. The maximum Gasteiger partial charge on any atom is 0.317 e. The molecule has 0 spiro atoms. The van der Waals surface area contributed by atoms with E-state index in [0.29, 0.717) is 13.0 Å². The molecule has 0 fully saturated rings. The van der Waals surface area contributed by atoms with Crippen molar-refractivity contribution in [2.75, 3.05) is 6.61 Å². The van der Waals surface area contributed by atoms with Crippen molar-refractivity contribution in [2.24, 2.45) is 5.92 Å². The Morgan fingerprint density at radius 3 is 2.20 bits per heavy atom. The minimum absolute atomic E-state index is 0.162. The van der Waals surface area contributed by atoms with Gasteiger partial charge in [0.25, 0.3) is 0 Å². The van der Waals surface area contributed by atoms with Crippen LogP contribution in [0.25, 0.3) is 0 Å². The minimum Gasteiger partial charge on any atom is -0.494 e. The summed E-state index contributed by atoms with van der Waals surface area (Å²) in [5.41, 5.74) is 1.17. The van der Waals surface area contributed by atoms with Crippen molar-refractivity contribution >= 4 is 11.9 Å². The molecule has 0 radical (unpaired) electrons. The predicted octanol–water partition coefficient (Wildman–Crippen LogP) is 2.72. The van der Waals surface area contributed by atoms with Crippen LogP contribution in [-0.2, 0) is 9.59 Å². The molecule has 1 aromatic carbocycles. The third kappa shape index (κ3) is 5.73. The van der Waals surface area contributed by atoms with Crippen molar-refractivity contribution in [1.82, 2.24) is 0 Å². The molecule has 110 valence electrons. The summed E-state index contributed by atoms with van der Waals surface area (Å²) < 4.78 is 5.53. The van der Waals surface area contributed by atoms with Gasteiger partial charge in [-0.3, -0.25) is 9.59 Å². The zero-order valence-electron chi connectivity index (χ0n) is 11.5. The van der Waals surface area contributed by atoms with Crippen LogP contribution in [-0.4, -0.2) is 28.8 Å². The van der Waals surface area contributed by atoms with Gasteiger partial charge in [-0.25, -0.2) is 0 Å². The van der Waals surface area contributed by atoms with Gasteiger partial charge in [-0.15, -0.1) is 0 Å². The number of hydrogen-bond acceptors (Lipinski definition) is 3. The van der Waals surface area contributed by atoms with Crippen molar-refractivity contribution in [2.45, 2.75) is 32.6 Å². The van der Waals surface area contributed by atoms with Crippen molar-refractivity contribution in [3.63, 3.8) is 0 Å². The van der Waals surface area contributed by atoms with Crippen molar-refractivity contribution in [1.29, 1.82) is 0 Å². The van der Waals surface area contributed by atoms with Crippen LogP contribution in [0.1, 0.15) is 31.2 Å². The van der Waals surface area contributed by atoms with Gasteiger partial charge in [0.05, 0.1) is 6.61 Å². The van der Waals surface area contributed by atoms with Crippen molar-refractivity contribution in [3.05, 3.63) is 29.8 Å². The molecule has 0 saturated carbocycles. The van der Waals surface area contributed by atoms with Gasteiger partial charge in [0.15, 0.2) is 5.92 Å². The Labute approximate surface area is 118 Å². The third-order valence-corrected chi connectivity index (χ3v) is 3.02. The number of rotatable bonds is 9. The van der Waals surface area contributed by atoms with E-state index in [1.165, 1.54) is 5.56 Å². The highest BCUT2D eigenvalue weighted by molar-refractivity contribution is 5.92. The Morgan fingerprint density at radius 2 is 1.65 bits per heavy atom. The number of hydrogen-bond donors (Lipinski definition) is 2. The second-order valence-electron chi connectivity index (χ2n) is 4.74. The number of benzene rings is 1. The lowest BCUT2D eigenvalue weighted by Crippen LogP contribution is -2.23. The average molecular weight is 280 g/mol. The van der Waals surface area contributed by atoms with Gasteiger partial charge in [0, 0.05) is 0 Å². The Bertz CT molecular complexity index is 424. The van der Waals surface area contributed by atoms with Crippen molar-refractivity contribution < 1.29 is 24.5 Å². The van der Waals surface area contributed by atoms with E-state index in [9.17, 15) is 9.59 Å². The Balaban J connectivity index is 2.14. The predicted molar refractivity (Wildman–Crippen MR) is 73.9 cm³/mol. The minimum atomic E-state index is -1.30. The molecule has 1 aromatic rings. The summed E-state index contributed by atoms with van der Waals surface area (Å²) in [4.78, 5) is 21.3. The van der Waals surface area contributed by atoms with Crippen LogP contribution in [0.3, 0.4) is 0 Å². The van der Waals surface area contributed by atoms with Gasteiger partial charge in [-0.05, 0) is 31.9 Å². The van der Waals surface area contributed by atoms with Gasteiger partial charge in [0.2, 0.25) is 0 Å². The van der Waals surface area contributed by atoms with E-state index < -0.39 is 17.9 Å². The standard InChI is InChI=1S/C15H20O5/c1-11-6-8-12(9-7-11)20-10-4-2-3-5-13(14(16)17)15(18)19/h6-9,13H,2-5,10H2,1H3,(H,16,17)(H,18,19). The van der Waals surface area contributed by atoms with Crippen LogP contribution in [0.2, 0.25) is 0 Å². The number of aliphatic carboxylic acids is 2. The number of carbonyl (C=O) groups is 2. The molecule has 0 aromatic heterocycles. The molecule has 0 bridgehead atoms. The highest BCUT2D eigenvalue weighted by Gasteiger charge is 2.24. The molecule has 20 heavy (non-hydrogen) atoms. The summed E-state index contributed by atoms with van der Waals surface area (Å²) in [6, 6.07) is 7.75. The molecule has 0 aliphatic carbocycles. The average Bonchev–Trinajstić information content (AvgIpc) is 2.39. The number of unbranched alkanes of at least 4 members (excludes halogenated alkanes) is 2. The quantitative estimate of drug-likeness (QED) is 0.536. The summed E-state index contributed by atoms with van der Waals surface area (Å²) >= 11 is 0. The Morgan fingerprint density at radius 1 is 1.05 bits per heavy atom. The maximum atomic E-state index is 10.7. The fraction of sp³-hybridized carbons (Fsp3) is 0.467. The molecule has 0 saturated heterocycles. The highest BCUT2D eigenvalue weighted by atomic mass is 16.5. The monoisotopic (exact) mass is 280 g/mol. The van der Waals surface area contributed by atoms with Gasteiger partial charge >= 0.3 is 11.9 Å². The number of ether oxygens (including phenoxy) is 1. The van der Waals surface area contributed by atoms with E-state index in [1.54, 1.807) is 0 Å². The van der Waals surface area contributed by atoms with Gasteiger partial charge in [-0.2, -0.15) is 0 Å². The maximum absolute atomic E-state index is 10.7. The summed E-state index contributed by atoms with van der Waals surface area (Å²) in [5, 5.41) is 17.4. The number of carboxylic acid groups (broad SMARTS) is 2. The first-order chi connectivity index (χ1) is 9.50. The fourth-order valence-electron chi connectivity index (χ4n) is 1.80. The summed E-state index contributed by atoms with van der Waals surface area (Å²) in [5.74, 6) is -3.03. The first-order valence-corrected chi connectivity index (χ1v) is 6.66. The lowest BCUT2D eigenvalue weighted by Gasteiger charge is -2.08. The van der Waals surface area contributed by atoms with Crippen LogP contribution >= 0.6 is 0 Å². The Hall–Kier alpha value is -2.04. The normalized spacial score (nSPS) is 10.5. The van der Waals surface area contributed by atoms with Gasteiger partial charge in [0.1, 0.15) is 5.75 Å². The van der Waals surface area contributed by atoms with Crippen LogP contribution in [0.5, 0.6) is 5.75 Å². The molecule has 5 nitrogen and oxygen atoms in total. The molecule has 0 heterocycles. The summed E-state index contributed by atoms with van der Waals surface area (Å²) in [6.45, 7) is 2.55. The van der Waals surface area contributed by atoms with E-state index in [0.717, 1.165) is 18.6 Å². The SMILES string of the molecule is Cc1ccc(OCCCCCC(C(=O)O)C(=O)O)cc1. The van der Waals surface area contributed by atoms with Crippen LogP contribution in [0.15, 0.2) is 24.3 Å². The Kier molecular flexibility index (Phi) is 6.56. The zero-order chi connectivity index (χ0) is 15.0. The largest absolute Gasteiger partial charge is 0.494 e. The van der Waals surface area contributed by atoms with E-state index in [2.05, 4.69) is 0 Å². The molecular weight excluding hydrogens is 260 g/mol. The lowest BCUT2D eigenvalue weighted by molar-refractivity contribution is -0.154. The molecular formula is C15H20O5. The smallest absolute Gasteiger partial charge is 0.317 e. The molecule has 1 rings (SSSR count). The number of aryl methyl sites for hydroxylation is 1. The molecule has 2 N–H and O–H groups in total. The van der Waals surface area contributed by atoms with Crippen molar-refractivity contribution in [3.8, 4) is 5.75 Å². The van der Waals surface area contributed by atoms with Gasteiger partial charge < -0.3 is 14.9 Å². The van der Waals surface area contributed by atoms with E-state index in [1.807, 2.05) is 31.2 Å². The lowest BCUT2D eigenvalue weighted by atomic mass is 10.0. The summed E-state index contributed by atoms with van der Waals surface area (Å²) in [6.07, 6.45) is 2.26. The second-order valence-corrected chi connectivity index (χ2v) is 4.74. The molecule has 5 heteroatoms. The van der Waals surface area contributed by atoms with Crippen LogP contribution in [0, 0.1) is 12.8 Å². The van der Waals surface area contributed by atoms with E-state index >= 15 is 0 Å². The molecule has 0 aliphatic heterocycles. The zero-order valence-corrected chi connectivity index (χ0v) is 11.5. The van der Waals surface area contributed by atoms with Crippen LogP contribution < -0.4 is 4.74 Å². The first kappa shape index (κ1) is 16.0. The molecule has 0 unspecified atom stereocenters. The topological polar surface area (TPSA) is 83.8 Å². The molecule has 0 atom stereocenters.